The van der Waals surface area contributed by atoms with Gasteiger partial charge in [0.2, 0.25) is 5.91 Å². The molecule has 130 valence electrons. The summed E-state index contributed by atoms with van der Waals surface area (Å²) in [6.45, 7) is 1.95. The summed E-state index contributed by atoms with van der Waals surface area (Å²) in [5.41, 5.74) is 2.42. The molecular formula is C22H25NO2. The smallest absolute Gasteiger partial charge is 0.223 e. The number of rotatable bonds is 6. The highest BCUT2D eigenvalue weighted by Gasteiger charge is 2.26. The fourth-order valence-corrected chi connectivity index (χ4v) is 3.17. The molecular weight excluding hydrogens is 310 g/mol. The van der Waals surface area contributed by atoms with Crippen LogP contribution in [-0.2, 0) is 16.0 Å². The maximum Gasteiger partial charge on any atom is 0.223 e. The number of carbonyl (C=O) groups excluding carboxylic acids is 1. The second-order valence-electron chi connectivity index (χ2n) is 6.36. The molecule has 3 nitrogen and oxygen atoms in total. The third-order valence-electron chi connectivity index (χ3n) is 4.50. The van der Waals surface area contributed by atoms with Crippen molar-refractivity contribution in [2.45, 2.75) is 25.3 Å². The molecule has 1 amide bonds. The van der Waals surface area contributed by atoms with E-state index in [1.54, 1.807) is 0 Å². The van der Waals surface area contributed by atoms with Crippen LogP contribution in [-0.4, -0.2) is 36.6 Å². The molecule has 0 N–H and O–H groups in total. The normalized spacial score (nSPS) is 17.8. The van der Waals surface area contributed by atoms with Gasteiger partial charge < -0.3 is 9.64 Å². The molecule has 2 aromatic carbocycles. The van der Waals surface area contributed by atoms with Crippen molar-refractivity contribution in [1.29, 1.82) is 0 Å². The number of amides is 1. The third kappa shape index (κ3) is 5.30. The van der Waals surface area contributed by atoms with Crippen molar-refractivity contribution in [1.82, 2.24) is 4.90 Å². The zero-order valence-corrected chi connectivity index (χ0v) is 14.5. The third-order valence-corrected chi connectivity index (χ3v) is 4.50. The number of allylic oxidation sites excluding steroid dienone is 1. The van der Waals surface area contributed by atoms with Crippen LogP contribution in [0.5, 0.6) is 0 Å². The molecule has 0 bridgehead atoms. The first-order valence-electron chi connectivity index (χ1n) is 8.95. The van der Waals surface area contributed by atoms with Crippen molar-refractivity contribution in [3.63, 3.8) is 0 Å². The molecule has 3 rings (SSSR count). The van der Waals surface area contributed by atoms with Gasteiger partial charge in [-0.15, -0.1) is 0 Å². The summed E-state index contributed by atoms with van der Waals surface area (Å²) >= 11 is 0. The van der Waals surface area contributed by atoms with Crippen LogP contribution in [0.4, 0.5) is 0 Å². The van der Waals surface area contributed by atoms with E-state index in [1.807, 2.05) is 41.3 Å². The Hall–Kier alpha value is -2.39. The molecule has 2 aromatic rings. The predicted octanol–water partition coefficient (Wildman–Crippen LogP) is 3.95. The standard InChI is InChI=1S/C22H25NO2/c24-22(14-8-7-11-19-9-3-1-4-10-19)23-15-16-25-18-21(23)17-20-12-5-2-6-13-20/h1-7,9-13,21H,8,14-18H2/b11-7+. The van der Waals surface area contributed by atoms with Gasteiger partial charge >= 0.3 is 0 Å². The molecule has 1 aliphatic heterocycles. The maximum absolute atomic E-state index is 12.6. The Bertz CT molecular complexity index is 682. The van der Waals surface area contributed by atoms with Gasteiger partial charge in [-0.1, -0.05) is 72.8 Å². The average Bonchev–Trinajstić information content (AvgIpc) is 2.67. The van der Waals surface area contributed by atoms with E-state index in [4.69, 9.17) is 4.74 Å². The molecule has 1 unspecified atom stereocenters. The minimum Gasteiger partial charge on any atom is -0.377 e. The van der Waals surface area contributed by atoms with E-state index in [-0.39, 0.29) is 11.9 Å². The zero-order valence-electron chi connectivity index (χ0n) is 14.5. The highest BCUT2D eigenvalue weighted by atomic mass is 16.5. The van der Waals surface area contributed by atoms with Gasteiger partial charge in [0.25, 0.3) is 0 Å². The largest absolute Gasteiger partial charge is 0.377 e. The Morgan fingerprint density at radius 3 is 2.56 bits per heavy atom. The van der Waals surface area contributed by atoms with E-state index in [2.05, 4.69) is 36.4 Å². The summed E-state index contributed by atoms with van der Waals surface area (Å²) in [7, 11) is 0. The fraction of sp³-hybridized carbons (Fsp3) is 0.318. The van der Waals surface area contributed by atoms with E-state index >= 15 is 0 Å². The molecule has 0 aromatic heterocycles. The lowest BCUT2D eigenvalue weighted by Gasteiger charge is -2.36. The Labute approximate surface area is 149 Å². The zero-order chi connectivity index (χ0) is 17.3. The molecule has 0 aliphatic carbocycles. The molecule has 1 saturated heterocycles. The van der Waals surface area contributed by atoms with Crippen LogP contribution >= 0.6 is 0 Å². The SMILES string of the molecule is O=C(CC/C=C/c1ccccc1)N1CCOCC1Cc1ccccc1. The number of carbonyl (C=O) groups is 1. The minimum atomic E-state index is 0.141. The van der Waals surface area contributed by atoms with Crippen LogP contribution in [0, 0.1) is 0 Å². The van der Waals surface area contributed by atoms with E-state index in [0.717, 1.165) is 12.8 Å². The molecule has 1 fully saturated rings. The van der Waals surface area contributed by atoms with E-state index in [0.29, 0.717) is 26.2 Å². The van der Waals surface area contributed by atoms with Crippen LogP contribution in [0.1, 0.15) is 24.0 Å². The van der Waals surface area contributed by atoms with Crippen molar-refractivity contribution >= 4 is 12.0 Å². The van der Waals surface area contributed by atoms with Gasteiger partial charge in [0.1, 0.15) is 0 Å². The monoisotopic (exact) mass is 335 g/mol. The lowest BCUT2D eigenvalue weighted by molar-refractivity contribution is -0.139. The molecule has 0 saturated carbocycles. The first-order chi connectivity index (χ1) is 12.3. The van der Waals surface area contributed by atoms with Gasteiger partial charge in [0.15, 0.2) is 0 Å². The summed E-state index contributed by atoms with van der Waals surface area (Å²) in [4.78, 5) is 14.7. The highest BCUT2D eigenvalue weighted by Crippen LogP contribution is 2.15. The van der Waals surface area contributed by atoms with E-state index in [9.17, 15) is 4.79 Å². The lowest BCUT2D eigenvalue weighted by Crippen LogP contribution is -2.49. The van der Waals surface area contributed by atoms with Gasteiger partial charge in [0, 0.05) is 13.0 Å². The fourth-order valence-electron chi connectivity index (χ4n) is 3.17. The van der Waals surface area contributed by atoms with Gasteiger partial charge in [-0.25, -0.2) is 0 Å². The van der Waals surface area contributed by atoms with Gasteiger partial charge in [-0.2, -0.15) is 0 Å². The van der Waals surface area contributed by atoms with Crippen molar-refractivity contribution in [3.05, 3.63) is 77.9 Å². The Morgan fingerprint density at radius 2 is 1.80 bits per heavy atom. The van der Waals surface area contributed by atoms with Gasteiger partial charge in [0.05, 0.1) is 19.3 Å². The molecule has 3 heteroatoms. The Balaban J connectivity index is 1.53. The number of benzene rings is 2. The lowest BCUT2D eigenvalue weighted by atomic mass is 10.0. The summed E-state index contributed by atoms with van der Waals surface area (Å²) in [6.07, 6.45) is 6.33. The van der Waals surface area contributed by atoms with Crippen LogP contribution < -0.4 is 0 Å². The number of hydrogen-bond acceptors (Lipinski definition) is 2. The average molecular weight is 335 g/mol. The Morgan fingerprint density at radius 1 is 1.08 bits per heavy atom. The molecule has 1 aliphatic rings. The van der Waals surface area contributed by atoms with Gasteiger partial charge in [-0.05, 0) is 24.0 Å². The quantitative estimate of drug-likeness (QED) is 0.800. The molecule has 0 radical (unpaired) electrons. The number of morpholine rings is 1. The number of ether oxygens (including phenoxy) is 1. The second-order valence-corrected chi connectivity index (χ2v) is 6.36. The highest BCUT2D eigenvalue weighted by molar-refractivity contribution is 5.77. The van der Waals surface area contributed by atoms with Crippen LogP contribution in [0.25, 0.3) is 6.08 Å². The second kappa shape index (κ2) is 9.19. The van der Waals surface area contributed by atoms with E-state index in [1.165, 1.54) is 11.1 Å². The molecule has 1 heterocycles. The van der Waals surface area contributed by atoms with Crippen molar-refractivity contribution in [2.24, 2.45) is 0 Å². The molecule has 1 atom stereocenters. The summed E-state index contributed by atoms with van der Waals surface area (Å²) in [5.74, 6) is 0.224. The first-order valence-corrected chi connectivity index (χ1v) is 8.95. The van der Waals surface area contributed by atoms with Crippen molar-refractivity contribution in [2.75, 3.05) is 19.8 Å². The Kier molecular flexibility index (Phi) is 6.41. The topological polar surface area (TPSA) is 29.5 Å². The van der Waals surface area contributed by atoms with Crippen LogP contribution in [0.2, 0.25) is 0 Å². The van der Waals surface area contributed by atoms with E-state index < -0.39 is 0 Å². The van der Waals surface area contributed by atoms with Crippen LogP contribution in [0.3, 0.4) is 0 Å². The number of hydrogen-bond donors (Lipinski definition) is 0. The molecule has 25 heavy (non-hydrogen) atoms. The van der Waals surface area contributed by atoms with Crippen molar-refractivity contribution < 1.29 is 9.53 Å². The van der Waals surface area contributed by atoms with Gasteiger partial charge in [-0.3, -0.25) is 4.79 Å². The maximum atomic E-state index is 12.6. The summed E-state index contributed by atoms with van der Waals surface area (Å²) < 4.78 is 5.61. The summed E-state index contributed by atoms with van der Waals surface area (Å²) in [5, 5.41) is 0. The van der Waals surface area contributed by atoms with Crippen LogP contribution in [0.15, 0.2) is 66.7 Å². The van der Waals surface area contributed by atoms with Crippen molar-refractivity contribution in [3.8, 4) is 0 Å². The number of nitrogens with zero attached hydrogens (tertiary/aromatic N) is 1. The minimum absolute atomic E-state index is 0.141. The first kappa shape index (κ1) is 17.4. The molecule has 0 spiro atoms. The predicted molar refractivity (Wildman–Crippen MR) is 101 cm³/mol. The summed E-state index contributed by atoms with van der Waals surface area (Å²) in [6, 6.07) is 20.6.